The van der Waals surface area contributed by atoms with Gasteiger partial charge in [0.25, 0.3) is 5.91 Å². The molecule has 6 heteroatoms. The second kappa shape index (κ2) is 7.72. The Hall–Kier alpha value is -2.34. The van der Waals surface area contributed by atoms with Crippen LogP contribution in [0, 0.1) is 13.8 Å². The summed E-state index contributed by atoms with van der Waals surface area (Å²) in [5.41, 5.74) is 4.01. The fraction of sp³-hybridized carbons (Fsp3) is 0.524. The van der Waals surface area contributed by atoms with Crippen LogP contribution in [0.1, 0.15) is 37.6 Å². The van der Waals surface area contributed by atoms with Crippen molar-refractivity contribution in [2.24, 2.45) is 0 Å². The van der Waals surface area contributed by atoms with Gasteiger partial charge in [-0.25, -0.2) is 0 Å². The SMILES string of the molecule is Cc1ccc2[nH]c(C)c(CC(=O)OC(C)C(=O)N3CC(C)OC(C)C3)c2c1. The molecular formula is C21H28N2O4. The molecule has 1 aromatic heterocycles. The van der Waals surface area contributed by atoms with Crippen molar-refractivity contribution in [2.75, 3.05) is 13.1 Å². The number of rotatable bonds is 4. The lowest BCUT2D eigenvalue weighted by molar-refractivity contribution is -0.164. The summed E-state index contributed by atoms with van der Waals surface area (Å²) in [6.07, 6.45) is -0.694. The first-order valence-electron chi connectivity index (χ1n) is 9.46. The molecule has 0 bridgehead atoms. The maximum Gasteiger partial charge on any atom is 0.311 e. The summed E-state index contributed by atoms with van der Waals surface area (Å²) in [7, 11) is 0. The second-order valence-corrected chi connectivity index (χ2v) is 7.59. The summed E-state index contributed by atoms with van der Waals surface area (Å²) < 4.78 is 11.1. The number of ether oxygens (including phenoxy) is 2. The van der Waals surface area contributed by atoms with E-state index in [2.05, 4.69) is 11.1 Å². The summed E-state index contributed by atoms with van der Waals surface area (Å²) in [5.74, 6) is -0.562. The lowest BCUT2D eigenvalue weighted by Gasteiger charge is -2.36. The van der Waals surface area contributed by atoms with Crippen LogP contribution in [0.15, 0.2) is 18.2 Å². The Morgan fingerprint density at radius 2 is 1.93 bits per heavy atom. The molecule has 1 aromatic carbocycles. The largest absolute Gasteiger partial charge is 0.452 e. The van der Waals surface area contributed by atoms with Gasteiger partial charge >= 0.3 is 5.97 Å². The number of aromatic amines is 1. The van der Waals surface area contributed by atoms with E-state index in [-0.39, 0.29) is 24.5 Å². The zero-order valence-corrected chi connectivity index (χ0v) is 16.7. The van der Waals surface area contributed by atoms with Crippen LogP contribution in [-0.4, -0.2) is 53.2 Å². The Morgan fingerprint density at radius 3 is 2.59 bits per heavy atom. The van der Waals surface area contributed by atoms with Gasteiger partial charge < -0.3 is 19.4 Å². The molecule has 3 unspecified atom stereocenters. The lowest BCUT2D eigenvalue weighted by Crippen LogP contribution is -2.51. The number of aryl methyl sites for hydroxylation is 2. The minimum Gasteiger partial charge on any atom is -0.452 e. The van der Waals surface area contributed by atoms with Gasteiger partial charge in [-0.2, -0.15) is 0 Å². The molecular weight excluding hydrogens is 344 g/mol. The molecule has 1 saturated heterocycles. The quantitative estimate of drug-likeness (QED) is 0.838. The van der Waals surface area contributed by atoms with Crippen molar-refractivity contribution < 1.29 is 19.1 Å². The third kappa shape index (κ3) is 4.33. The zero-order chi connectivity index (χ0) is 19.7. The van der Waals surface area contributed by atoms with Gasteiger partial charge in [0.05, 0.1) is 18.6 Å². The van der Waals surface area contributed by atoms with Gasteiger partial charge in [0.1, 0.15) is 0 Å². The predicted octanol–water partition coefficient (Wildman–Crippen LogP) is 2.89. The minimum atomic E-state index is -0.803. The van der Waals surface area contributed by atoms with Crippen LogP contribution < -0.4 is 0 Å². The van der Waals surface area contributed by atoms with Crippen molar-refractivity contribution in [3.8, 4) is 0 Å². The normalized spacial score (nSPS) is 21.3. The highest BCUT2D eigenvalue weighted by Crippen LogP contribution is 2.24. The van der Waals surface area contributed by atoms with E-state index >= 15 is 0 Å². The fourth-order valence-corrected chi connectivity index (χ4v) is 3.77. The van der Waals surface area contributed by atoms with Gasteiger partial charge in [0.15, 0.2) is 6.10 Å². The number of hydrogen-bond acceptors (Lipinski definition) is 4. The Morgan fingerprint density at radius 1 is 1.26 bits per heavy atom. The van der Waals surface area contributed by atoms with Crippen molar-refractivity contribution in [1.29, 1.82) is 0 Å². The summed E-state index contributed by atoms with van der Waals surface area (Å²) >= 11 is 0. The van der Waals surface area contributed by atoms with Crippen LogP contribution in [0.5, 0.6) is 0 Å². The summed E-state index contributed by atoms with van der Waals surface area (Å²) in [6, 6.07) is 6.11. The first-order valence-corrected chi connectivity index (χ1v) is 9.46. The number of hydrogen-bond donors (Lipinski definition) is 1. The molecule has 27 heavy (non-hydrogen) atoms. The van der Waals surface area contributed by atoms with E-state index in [0.29, 0.717) is 13.1 Å². The van der Waals surface area contributed by atoms with Crippen molar-refractivity contribution in [1.82, 2.24) is 9.88 Å². The maximum absolute atomic E-state index is 12.6. The van der Waals surface area contributed by atoms with Crippen molar-refractivity contribution in [3.05, 3.63) is 35.0 Å². The molecule has 0 saturated carbocycles. The minimum absolute atomic E-state index is 0.0160. The van der Waals surface area contributed by atoms with Crippen LogP contribution in [0.25, 0.3) is 10.9 Å². The molecule has 1 amide bonds. The molecule has 6 nitrogen and oxygen atoms in total. The first kappa shape index (κ1) is 19.4. The number of amides is 1. The molecule has 1 aliphatic heterocycles. The molecule has 146 valence electrons. The molecule has 2 aromatic rings. The van der Waals surface area contributed by atoms with Crippen molar-refractivity contribution >= 4 is 22.8 Å². The van der Waals surface area contributed by atoms with Gasteiger partial charge in [-0.1, -0.05) is 11.6 Å². The maximum atomic E-state index is 12.6. The van der Waals surface area contributed by atoms with E-state index < -0.39 is 12.1 Å². The van der Waals surface area contributed by atoms with Gasteiger partial charge in [0, 0.05) is 29.7 Å². The third-order valence-corrected chi connectivity index (χ3v) is 4.98. The number of nitrogens with zero attached hydrogens (tertiary/aromatic N) is 1. The molecule has 3 atom stereocenters. The molecule has 1 aliphatic rings. The van der Waals surface area contributed by atoms with Gasteiger partial charge in [0.2, 0.25) is 0 Å². The molecule has 2 heterocycles. The lowest BCUT2D eigenvalue weighted by atomic mass is 10.1. The number of benzene rings is 1. The molecule has 1 fully saturated rings. The standard InChI is InChI=1S/C21H28N2O4/c1-12-6-7-19-18(8-12)17(15(4)22-19)9-20(24)27-16(5)21(25)23-10-13(2)26-14(3)11-23/h6-8,13-14,16,22H,9-11H2,1-5H3. The molecule has 1 N–H and O–H groups in total. The number of carbonyl (C=O) groups excluding carboxylic acids is 2. The fourth-order valence-electron chi connectivity index (χ4n) is 3.77. The van der Waals surface area contributed by atoms with Gasteiger partial charge in [-0.05, 0) is 52.3 Å². The summed E-state index contributed by atoms with van der Waals surface area (Å²) in [4.78, 5) is 30.1. The predicted molar refractivity (Wildman–Crippen MR) is 104 cm³/mol. The van der Waals surface area contributed by atoms with E-state index in [9.17, 15) is 9.59 Å². The Bertz CT molecular complexity index is 847. The number of nitrogens with one attached hydrogen (secondary N) is 1. The number of esters is 1. The number of H-pyrrole nitrogens is 1. The van der Waals surface area contributed by atoms with Crippen LogP contribution in [0.3, 0.4) is 0 Å². The van der Waals surface area contributed by atoms with E-state index in [1.165, 1.54) is 0 Å². The van der Waals surface area contributed by atoms with Crippen molar-refractivity contribution in [2.45, 2.75) is 59.4 Å². The van der Waals surface area contributed by atoms with Crippen LogP contribution in [-0.2, 0) is 25.5 Å². The highest BCUT2D eigenvalue weighted by atomic mass is 16.5. The number of carbonyl (C=O) groups is 2. The monoisotopic (exact) mass is 372 g/mol. The number of fused-ring (bicyclic) bond motifs is 1. The number of morpholine rings is 1. The average molecular weight is 372 g/mol. The topological polar surface area (TPSA) is 71.6 Å². The Labute approximate surface area is 159 Å². The van der Waals surface area contributed by atoms with Crippen molar-refractivity contribution in [3.63, 3.8) is 0 Å². The highest BCUT2D eigenvalue weighted by Gasteiger charge is 2.30. The van der Waals surface area contributed by atoms with Crippen LogP contribution in [0.4, 0.5) is 0 Å². The average Bonchev–Trinajstić information content (AvgIpc) is 2.88. The molecule has 0 spiro atoms. The van der Waals surface area contributed by atoms with E-state index in [4.69, 9.17) is 9.47 Å². The molecule has 0 aliphatic carbocycles. The molecule has 0 radical (unpaired) electrons. The first-order chi connectivity index (χ1) is 12.7. The second-order valence-electron chi connectivity index (χ2n) is 7.59. The zero-order valence-electron chi connectivity index (χ0n) is 16.7. The van der Waals surface area contributed by atoms with Gasteiger partial charge in [-0.15, -0.1) is 0 Å². The smallest absolute Gasteiger partial charge is 0.311 e. The van der Waals surface area contributed by atoms with Crippen LogP contribution >= 0.6 is 0 Å². The summed E-state index contributed by atoms with van der Waals surface area (Å²) in [6.45, 7) is 10.5. The van der Waals surface area contributed by atoms with Crippen LogP contribution in [0.2, 0.25) is 0 Å². The Kier molecular flexibility index (Phi) is 5.56. The number of aromatic nitrogens is 1. The molecule has 3 rings (SSSR count). The Balaban J connectivity index is 1.66. The van der Waals surface area contributed by atoms with E-state index in [0.717, 1.165) is 27.7 Å². The van der Waals surface area contributed by atoms with Gasteiger partial charge in [-0.3, -0.25) is 9.59 Å². The highest BCUT2D eigenvalue weighted by molar-refractivity contribution is 5.90. The summed E-state index contributed by atoms with van der Waals surface area (Å²) in [5, 5.41) is 1.03. The van der Waals surface area contributed by atoms with E-state index in [1.54, 1.807) is 11.8 Å². The van der Waals surface area contributed by atoms with E-state index in [1.807, 2.05) is 39.8 Å². The third-order valence-electron chi connectivity index (χ3n) is 4.98.